The molecule has 0 saturated carbocycles. The van der Waals surface area contributed by atoms with Gasteiger partial charge >= 0.3 is 260 Å². The molecule has 0 heterocycles. The molecule has 2 atom stereocenters. The van der Waals surface area contributed by atoms with Gasteiger partial charge in [0.25, 0.3) is 0 Å². The van der Waals surface area contributed by atoms with Gasteiger partial charge in [-0.25, -0.2) is 0 Å². The van der Waals surface area contributed by atoms with Gasteiger partial charge in [-0.2, -0.15) is 0 Å². The van der Waals surface area contributed by atoms with E-state index in [2.05, 4.69) is 149 Å². The molecular weight excluding hydrogens is 647 g/mol. The molecule has 216 valence electrons. The van der Waals surface area contributed by atoms with E-state index in [-0.39, 0.29) is 7.25 Å². The quantitative estimate of drug-likeness (QED) is 0.162. The number of fused-ring (bicyclic) bond motifs is 2. The zero-order chi connectivity index (χ0) is 29.8. The molecule has 0 radical (unpaired) electrons. The summed E-state index contributed by atoms with van der Waals surface area (Å²) in [5.74, 6) is -1.33. The first-order valence-electron chi connectivity index (χ1n) is 15.6. The minimum absolute atomic E-state index is 0.00533. The Labute approximate surface area is 258 Å². The Morgan fingerprint density at radius 3 is 2.12 bits per heavy atom. The summed E-state index contributed by atoms with van der Waals surface area (Å²) >= 11 is -5.72. The average molecular weight is 689 g/mol. The maximum absolute atomic E-state index is 9.00. The van der Waals surface area contributed by atoms with Gasteiger partial charge in [0.05, 0.1) is 0 Å². The number of rotatable bonds is 8. The molecule has 2 aliphatic carbocycles. The molecular formula is C38H42Cl2SiZr. The van der Waals surface area contributed by atoms with Crippen LogP contribution in [-0.2, 0) is 14.1 Å². The van der Waals surface area contributed by atoms with Crippen molar-refractivity contribution in [3.05, 3.63) is 137 Å². The van der Waals surface area contributed by atoms with Crippen molar-refractivity contribution in [2.45, 2.75) is 59.9 Å². The second-order valence-corrected chi connectivity index (χ2v) is 64.4. The third-order valence-electron chi connectivity index (χ3n) is 10.7. The van der Waals surface area contributed by atoms with Gasteiger partial charge in [-0.05, 0) is 0 Å². The van der Waals surface area contributed by atoms with E-state index >= 15 is 0 Å². The zero-order valence-electron chi connectivity index (χ0n) is 25.4. The molecule has 0 bridgehead atoms. The van der Waals surface area contributed by atoms with Crippen LogP contribution in [0.15, 0.2) is 109 Å². The molecule has 0 N–H and O–H groups in total. The van der Waals surface area contributed by atoms with Gasteiger partial charge in [-0.3, -0.25) is 0 Å². The van der Waals surface area contributed by atoms with Crippen molar-refractivity contribution in [3.8, 4) is 11.1 Å². The minimum atomic E-state index is -5.72. The van der Waals surface area contributed by atoms with Crippen LogP contribution >= 0.6 is 17.0 Å². The van der Waals surface area contributed by atoms with Crippen LogP contribution in [0, 0.1) is 0 Å². The first kappa shape index (κ1) is 30.1. The summed E-state index contributed by atoms with van der Waals surface area (Å²) in [5.41, 5.74) is 10.5. The fourth-order valence-electron chi connectivity index (χ4n) is 8.35. The van der Waals surface area contributed by atoms with E-state index in [0.29, 0.717) is 5.92 Å². The molecule has 0 saturated heterocycles. The Hall–Kier alpha value is -1.96. The van der Waals surface area contributed by atoms with E-state index in [0.717, 1.165) is 12.8 Å². The van der Waals surface area contributed by atoms with Crippen molar-refractivity contribution in [3.63, 3.8) is 0 Å². The molecule has 0 amide bonds. The molecule has 42 heavy (non-hydrogen) atoms. The van der Waals surface area contributed by atoms with Crippen molar-refractivity contribution in [1.29, 1.82) is 0 Å². The molecule has 4 aromatic rings. The van der Waals surface area contributed by atoms with Crippen molar-refractivity contribution < 1.29 is 14.1 Å². The maximum atomic E-state index is 9.00. The predicted octanol–water partition coefficient (Wildman–Crippen LogP) is 11.3. The SMILES string of the molecule is CCCC1=Cc2c(-c3ccc(C(C)C)cc3)cccc2[CH]1[Zr]([Cl])([Cl])([c]1ccccc1)([CH]1C=Cc2ccccc21)[SiH](C)C. The fourth-order valence-corrected chi connectivity index (χ4v) is 51.7. The monoisotopic (exact) mass is 686 g/mol. The van der Waals surface area contributed by atoms with Crippen molar-refractivity contribution in [2.24, 2.45) is 0 Å². The van der Waals surface area contributed by atoms with Crippen molar-refractivity contribution >= 4 is 38.4 Å². The second kappa shape index (κ2) is 10.6. The van der Waals surface area contributed by atoms with Gasteiger partial charge in [0.1, 0.15) is 0 Å². The first-order chi connectivity index (χ1) is 20.1. The molecule has 4 aromatic carbocycles. The molecule has 2 aliphatic rings. The Bertz CT molecular complexity index is 1720. The summed E-state index contributed by atoms with van der Waals surface area (Å²) in [4.78, 5) is 0. The molecule has 0 nitrogen and oxygen atoms in total. The van der Waals surface area contributed by atoms with Gasteiger partial charge in [0.15, 0.2) is 0 Å². The molecule has 0 aromatic heterocycles. The van der Waals surface area contributed by atoms with Gasteiger partial charge in [-0.15, -0.1) is 0 Å². The summed E-state index contributed by atoms with van der Waals surface area (Å²) in [5, 5.41) is 0. The third kappa shape index (κ3) is 4.08. The molecule has 0 fully saturated rings. The predicted molar refractivity (Wildman–Crippen MR) is 186 cm³/mol. The standard InChI is InChI=1S/C21H23.C9H7.C6H5.C2H7Si.2ClH.Zr/c1-4-6-16-13-19-7-5-8-20(21(19)14-16)18-11-9-17(10-12-18)15(2)3;1-2-5-9-7-3-6-8(9)4-1;1-2-4-6-5-3-1;1-3-2;;;/h5,7-15H,4,6H2,1-3H3;1-7H;1-5H;3H,1-2H3;2*1H;/q;;;;;;+2/p-2. The van der Waals surface area contributed by atoms with Crippen LogP contribution in [0.3, 0.4) is 0 Å². The normalized spacial score (nSPS) is 19.4. The number of hydrogen-bond donors (Lipinski definition) is 0. The van der Waals surface area contributed by atoms with Gasteiger partial charge in [0, 0.05) is 0 Å². The van der Waals surface area contributed by atoms with Crippen LogP contribution in [0.4, 0.5) is 0 Å². The summed E-state index contributed by atoms with van der Waals surface area (Å²) in [7, 11) is 18.0. The summed E-state index contributed by atoms with van der Waals surface area (Å²) in [6.07, 6.45) is 9.20. The van der Waals surface area contributed by atoms with Crippen molar-refractivity contribution in [2.75, 3.05) is 0 Å². The van der Waals surface area contributed by atoms with E-state index in [4.69, 9.17) is 17.0 Å². The average Bonchev–Trinajstić information content (AvgIpc) is 3.61. The van der Waals surface area contributed by atoms with E-state index in [1.165, 1.54) is 47.8 Å². The van der Waals surface area contributed by atoms with Crippen LogP contribution in [-0.4, -0.2) is 5.92 Å². The molecule has 0 aliphatic heterocycles. The van der Waals surface area contributed by atoms with Gasteiger partial charge < -0.3 is 0 Å². The summed E-state index contributed by atoms with van der Waals surface area (Å²) in [6, 6.07) is 35.7. The topological polar surface area (TPSA) is 0 Å². The summed E-state index contributed by atoms with van der Waals surface area (Å²) < 4.78 is 1.20. The Balaban J connectivity index is 1.70. The van der Waals surface area contributed by atoms with E-state index in [1.807, 2.05) is 0 Å². The number of benzene rings is 4. The van der Waals surface area contributed by atoms with Crippen LogP contribution in [0.5, 0.6) is 0 Å². The summed E-state index contributed by atoms with van der Waals surface area (Å²) in [6.45, 7) is 11.7. The van der Waals surface area contributed by atoms with Crippen LogP contribution in [0.25, 0.3) is 23.3 Å². The van der Waals surface area contributed by atoms with E-state index in [9.17, 15) is 0 Å². The van der Waals surface area contributed by atoms with Crippen LogP contribution in [0.2, 0.25) is 13.1 Å². The van der Waals surface area contributed by atoms with Crippen LogP contribution in [0.1, 0.15) is 74.6 Å². The first-order valence-corrected chi connectivity index (χ1v) is 33.1. The molecule has 0 spiro atoms. The third-order valence-corrected chi connectivity index (χ3v) is 77.9. The molecule has 4 heteroatoms. The van der Waals surface area contributed by atoms with E-state index < -0.39 is 20.0 Å². The number of allylic oxidation sites excluding steroid dienone is 2. The van der Waals surface area contributed by atoms with E-state index in [1.54, 1.807) is 0 Å². The Morgan fingerprint density at radius 2 is 1.45 bits per heavy atom. The van der Waals surface area contributed by atoms with Crippen LogP contribution < -0.4 is 3.27 Å². The number of halogens is 2. The Kier molecular flexibility index (Phi) is 7.58. The molecule has 6 rings (SSSR count). The molecule has 2 unspecified atom stereocenters. The van der Waals surface area contributed by atoms with Gasteiger partial charge in [-0.1, -0.05) is 0 Å². The van der Waals surface area contributed by atoms with Gasteiger partial charge in [0.2, 0.25) is 0 Å². The Morgan fingerprint density at radius 1 is 0.786 bits per heavy atom. The number of hydrogen-bond acceptors (Lipinski definition) is 0. The fraction of sp³-hybridized carbons (Fsp3) is 0.263. The second-order valence-electron chi connectivity index (χ2n) is 13.3. The zero-order valence-corrected chi connectivity index (χ0v) is 30.6. The van der Waals surface area contributed by atoms with Crippen molar-refractivity contribution in [1.82, 2.24) is 0 Å².